The third-order valence-electron chi connectivity index (χ3n) is 22.2. The summed E-state index contributed by atoms with van der Waals surface area (Å²) in [6.45, 7) is -1.03. The predicted molar refractivity (Wildman–Crippen MR) is 414 cm³/mol. The van der Waals surface area contributed by atoms with Gasteiger partial charge in [-0.25, -0.2) is 0 Å². The Hall–Kier alpha value is -15.0. The highest BCUT2D eigenvalue weighted by molar-refractivity contribution is 6.13. The lowest BCUT2D eigenvalue weighted by molar-refractivity contribution is -0.684. The summed E-state index contributed by atoms with van der Waals surface area (Å²) < 4.78 is 48.6. The zero-order chi connectivity index (χ0) is 76.6. The van der Waals surface area contributed by atoms with Gasteiger partial charge in [0.1, 0.15) is 75.9 Å². The Labute approximate surface area is 643 Å². The number of hydrogen-bond donors (Lipinski definition) is 0. The largest absolute Gasteiger partial charge is 0.490 e. The molecule has 12 aromatic rings. The highest BCUT2D eigenvalue weighted by atomic mass is 16.6. The first-order chi connectivity index (χ1) is 54.9. The Morgan fingerprint density at radius 3 is 0.571 bits per heavy atom. The van der Waals surface area contributed by atoms with Gasteiger partial charge in [-0.15, -0.1) is 0 Å². The van der Waals surface area contributed by atoms with E-state index < -0.39 is 69.2 Å². The Kier molecular flexibility index (Phi) is 18.1. The van der Waals surface area contributed by atoms with E-state index in [2.05, 4.69) is 71.6 Å². The van der Waals surface area contributed by atoms with Gasteiger partial charge in [0.25, 0.3) is 0 Å². The number of hydrogen-bond acceptors (Lipinski definition) is 16. The van der Waals surface area contributed by atoms with Gasteiger partial charge >= 0.3 is 23.9 Å². The van der Waals surface area contributed by atoms with Gasteiger partial charge < -0.3 is 37.9 Å². The quantitative estimate of drug-likeness (QED) is 0.0298. The van der Waals surface area contributed by atoms with E-state index in [-0.39, 0.29) is 52.9 Å². The van der Waals surface area contributed by atoms with Gasteiger partial charge in [0, 0.05) is 68.2 Å². The zero-order valence-electron chi connectivity index (χ0n) is 59.7. The minimum absolute atomic E-state index is 0.0528. The third kappa shape index (κ3) is 11.9. The first-order valence-electron chi connectivity index (χ1n) is 36.3. The molecule has 0 aromatic heterocycles. The molecule has 12 aromatic carbocycles. The Bertz CT molecular complexity index is 5560. The van der Waals surface area contributed by atoms with E-state index in [9.17, 15) is 21.0 Å². The SMILES string of the molecule is N#Cc1ccc2cc(C#Cc3ccc(OCCOC(=O)C45C6C7(C(=O)OCCOc8ccc(C#Cc9ccc%10cc(C#N)ccc%10c9)cc8)C4C4(C(=O)OCCOc8ccc(C#Cc9ccc%10cc(C#N)ccc%10c9)cc8)C5C6(C(=O)OCCOc5ccc(C#Cc6ccc8cc(C#N)ccc8c6)cc5)C74)cc3)ccc2c1. The average Bonchev–Trinajstić information content (AvgIpc) is 0.521. The van der Waals surface area contributed by atoms with Crippen molar-refractivity contribution in [3.63, 3.8) is 0 Å². The summed E-state index contributed by atoms with van der Waals surface area (Å²) in [4.78, 5) is 60.2. The summed E-state index contributed by atoms with van der Waals surface area (Å²) in [5, 5.41) is 44.9. The standard InChI is InChI=1S/C96H60N4O12/c97-57-69-13-29-73-49-65(9-25-77(73)53-69)5-1-61-17-33-81(34-18-61)105-41-45-109-89(101)93-85-94(90(102)110-46-42-106-82-35-19-62(20-36-82)2-6-66-10-26-78-54-70(58-98)14-30-74(78)50-66)86(93)96(92(104)112-48-44-108-84-39-23-64(24-40-84)4-8-68-12-28-80-56-72(60-100)16-32-76(80)52-68)87(93)95(85,88(94)96)91(103)111-47-43-107-83-37-21-63(22-38-83)3-7-67-11-27-79-55-71(59-99)15-31-75(79)51-67/h9-40,49-56,85-88H,41-48H2. The third-order valence-corrected chi connectivity index (χ3v) is 22.2. The molecule has 18 rings (SSSR count). The van der Waals surface area contributed by atoms with Gasteiger partial charge in [0.15, 0.2) is 0 Å². The van der Waals surface area contributed by atoms with Crippen molar-refractivity contribution in [2.45, 2.75) is 0 Å². The van der Waals surface area contributed by atoms with Crippen molar-refractivity contribution in [2.24, 2.45) is 45.3 Å². The fraction of sp³-hybridized carbons (Fsp3) is 0.167. The summed E-state index contributed by atoms with van der Waals surface area (Å²) in [6, 6.07) is 82.5. The molecular weight excluding hydrogens is 1400 g/mol. The Balaban J connectivity index is 0.582. The maximum absolute atomic E-state index is 15.1. The smallest absolute Gasteiger partial charge is 0.313 e. The van der Waals surface area contributed by atoms with Gasteiger partial charge in [-0.1, -0.05) is 95.9 Å². The molecule has 0 aliphatic heterocycles. The lowest BCUT2D eigenvalue weighted by Gasteiger charge is -3.13. The van der Waals surface area contributed by atoms with E-state index in [1.165, 1.54) is 0 Å². The molecule has 0 heterocycles. The van der Waals surface area contributed by atoms with Crippen LogP contribution in [0.25, 0.3) is 43.1 Å². The minimum atomic E-state index is -1.44. The number of carbonyl (C=O) groups excluding carboxylic acids is 4. The number of nitriles is 4. The Morgan fingerprint density at radius 2 is 0.384 bits per heavy atom. The highest BCUT2D eigenvalue weighted by Gasteiger charge is 3.27. The zero-order valence-corrected chi connectivity index (χ0v) is 59.7. The molecule has 112 heavy (non-hydrogen) atoms. The van der Waals surface area contributed by atoms with Crippen molar-refractivity contribution < 1.29 is 57.1 Å². The van der Waals surface area contributed by atoms with E-state index >= 15 is 19.2 Å². The number of ether oxygens (including phenoxy) is 8. The molecule has 0 unspecified atom stereocenters. The van der Waals surface area contributed by atoms with Gasteiger partial charge in [-0.05, 0) is 237 Å². The number of esters is 4. The van der Waals surface area contributed by atoms with Crippen LogP contribution in [0, 0.1) is 138 Å². The molecule has 536 valence electrons. The summed E-state index contributed by atoms with van der Waals surface area (Å²) in [5.74, 6) is 21.1. The van der Waals surface area contributed by atoms with Crippen molar-refractivity contribution in [1.29, 1.82) is 21.0 Å². The topological polar surface area (TPSA) is 237 Å². The molecule has 6 saturated carbocycles. The van der Waals surface area contributed by atoms with Crippen molar-refractivity contribution >= 4 is 67.0 Å². The molecule has 0 saturated heterocycles. The van der Waals surface area contributed by atoms with Crippen LogP contribution >= 0.6 is 0 Å². The van der Waals surface area contributed by atoms with Crippen LogP contribution in [0.2, 0.25) is 0 Å². The molecule has 6 fully saturated rings. The lowest BCUT2D eigenvalue weighted by Crippen LogP contribution is -3.21. The molecule has 6 aliphatic carbocycles. The van der Waals surface area contributed by atoms with Crippen LogP contribution < -0.4 is 18.9 Å². The van der Waals surface area contributed by atoms with Gasteiger partial charge in [0.2, 0.25) is 0 Å². The Morgan fingerprint density at radius 1 is 0.223 bits per heavy atom. The van der Waals surface area contributed by atoms with Crippen LogP contribution in [0.15, 0.2) is 243 Å². The maximum Gasteiger partial charge on any atom is 0.313 e. The number of nitrogens with zero attached hydrogens (tertiary/aromatic N) is 4. The maximum atomic E-state index is 15.1. The number of rotatable bonds is 20. The fourth-order valence-electron chi connectivity index (χ4n) is 17.9. The molecule has 0 atom stereocenters. The van der Waals surface area contributed by atoms with E-state index in [4.69, 9.17) is 37.9 Å². The summed E-state index contributed by atoms with van der Waals surface area (Å²) in [6.07, 6.45) is 0. The fourth-order valence-corrected chi connectivity index (χ4v) is 17.9. The van der Waals surface area contributed by atoms with Crippen LogP contribution in [0.3, 0.4) is 0 Å². The summed E-state index contributed by atoms with van der Waals surface area (Å²) in [7, 11) is 0. The first-order valence-corrected chi connectivity index (χ1v) is 36.3. The van der Waals surface area contributed by atoms with Crippen molar-refractivity contribution in [1.82, 2.24) is 0 Å². The minimum Gasteiger partial charge on any atom is -0.490 e. The number of benzene rings is 12. The molecule has 16 nitrogen and oxygen atoms in total. The van der Waals surface area contributed by atoms with Gasteiger partial charge in [0.05, 0.1) is 68.2 Å². The normalized spacial score (nSPS) is 20.0. The predicted octanol–water partition coefficient (Wildman–Crippen LogP) is 14.7. The van der Waals surface area contributed by atoms with E-state index in [0.29, 0.717) is 45.3 Å². The van der Waals surface area contributed by atoms with E-state index in [1.807, 2.05) is 170 Å². The van der Waals surface area contributed by atoms with Crippen LogP contribution in [0.4, 0.5) is 0 Å². The molecule has 6 aliphatic rings. The average molecular weight is 1460 g/mol. The van der Waals surface area contributed by atoms with Crippen molar-refractivity contribution in [3.05, 3.63) is 309 Å². The molecule has 16 heteroatoms. The molecule has 0 N–H and O–H groups in total. The molecule has 0 bridgehead atoms. The van der Waals surface area contributed by atoms with E-state index in [0.717, 1.165) is 87.6 Å². The number of carbonyl (C=O) groups is 4. The van der Waals surface area contributed by atoms with Crippen LogP contribution in [0.1, 0.15) is 66.8 Å². The summed E-state index contributed by atoms with van der Waals surface area (Å²) in [5.41, 5.74) is 2.72. The van der Waals surface area contributed by atoms with Gasteiger partial charge in [-0.3, -0.25) is 19.2 Å². The second kappa shape index (κ2) is 28.9. The highest BCUT2D eigenvalue weighted by Crippen LogP contribution is 3.18. The number of fused-ring (bicyclic) bond motifs is 4. The molecule has 0 radical (unpaired) electrons. The molecule has 0 spiro atoms. The monoisotopic (exact) mass is 1460 g/mol. The lowest BCUT2D eigenvalue weighted by atomic mass is 8.84. The second-order valence-electron chi connectivity index (χ2n) is 28.1. The van der Waals surface area contributed by atoms with E-state index in [1.54, 1.807) is 72.8 Å². The van der Waals surface area contributed by atoms with Crippen LogP contribution in [0.5, 0.6) is 23.0 Å². The molecular formula is C96H60N4O12. The van der Waals surface area contributed by atoms with Gasteiger partial charge in [-0.2, -0.15) is 21.0 Å². The van der Waals surface area contributed by atoms with Crippen molar-refractivity contribution in [3.8, 4) is 94.6 Å². The molecule has 0 amide bonds. The second-order valence-corrected chi connectivity index (χ2v) is 28.1. The van der Waals surface area contributed by atoms with Crippen LogP contribution in [-0.4, -0.2) is 76.7 Å². The first kappa shape index (κ1) is 70.0. The van der Waals surface area contributed by atoms with Crippen LogP contribution in [-0.2, 0) is 38.1 Å². The summed E-state index contributed by atoms with van der Waals surface area (Å²) >= 11 is 0. The van der Waals surface area contributed by atoms with Crippen molar-refractivity contribution in [2.75, 3.05) is 52.9 Å².